The van der Waals surface area contributed by atoms with E-state index in [1.165, 1.54) is 55.4 Å². The maximum absolute atomic E-state index is 6.42. The van der Waals surface area contributed by atoms with Crippen LogP contribution in [0.5, 0.6) is 0 Å². The second-order valence-corrected chi connectivity index (χ2v) is 6.92. The van der Waals surface area contributed by atoms with Crippen LogP contribution in [0.15, 0.2) is 6.07 Å². The minimum Gasteiger partial charge on any atom is -0.323 e. The Morgan fingerprint density at radius 3 is 2.35 bits per heavy atom. The first kappa shape index (κ1) is 13.4. The molecule has 1 aliphatic rings. The lowest BCUT2D eigenvalue weighted by atomic mass is 9.85. The summed E-state index contributed by atoms with van der Waals surface area (Å²) in [5, 5.41) is 0. The Bertz CT molecular complexity index is 334. The second kappa shape index (κ2) is 6.21. The minimum atomic E-state index is 0.198. The molecule has 0 amide bonds. The zero-order chi connectivity index (χ0) is 12.3. The number of halogens is 1. The highest BCUT2D eigenvalue weighted by molar-refractivity contribution is 7.16. The van der Waals surface area contributed by atoms with Gasteiger partial charge >= 0.3 is 0 Å². The minimum absolute atomic E-state index is 0.198. The first-order valence-electron chi connectivity index (χ1n) is 6.70. The third-order valence-corrected chi connectivity index (χ3v) is 5.52. The van der Waals surface area contributed by atoms with Gasteiger partial charge in [0.15, 0.2) is 0 Å². The highest BCUT2D eigenvalue weighted by atomic mass is 35.5. The molecule has 1 aromatic heterocycles. The second-order valence-electron chi connectivity index (χ2n) is 5.24. The van der Waals surface area contributed by atoms with Gasteiger partial charge in [0.2, 0.25) is 0 Å². The van der Waals surface area contributed by atoms with Crippen molar-refractivity contribution in [3.8, 4) is 0 Å². The van der Waals surface area contributed by atoms with Crippen LogP contribution in [0.4, 0.5) is 0 Å². The standard InChI is InChI=1S/C14H22ClNS/c1-10-9-12(17-14(10)15)13(16)11-7-5-3-2-4-6-8-11/h9,11,13H,2-8,16H2,1H3. The van der Waals surface area contributed by atoms with Gasteiger partial charge < -0.3 is 5.73 Å². The van der Waals surface area contributed by atoms with Crippen LogP contribution in [-0.2, 0) is 0 Å². The SMILES string of the molecule is Cc1cc(C(N)C2CCCCCCC2)sc1Cl. The molecule has 17 heavy (non-hydrogen) atoms. The fourth-order valence-corrected chi connectivity index (χ4v) is 4.04. The molecule has 0 aromatic carbocycles. The van der Waals surface area contributed by atoms with Crippen molar-refractivity contribution in [1.82, 2.24) is 0 Å². The number of hydrogen-bond acceptors (Lipinski definition) is 2. The summed E-state index contributed by atoms with van der Waals surface area (Å²) in [5.74, 6) is 0.657. The third kappa shape index (κ3) is 3.46. The maximum Gasteiger partial charge on any atom is 0.0960 e. The summed E-state index contributed by atoms with van der Waals surface area (Å²) in [6.07, 6.45) is 9.44. The monoisotopic (exact) mass is 271 g/mol. The van der Waals surface area contributed by atoms with Crippen LogP contribution >= 0.6 is 22.9 Å². The van der Waals surface area contributed by atoms with Crippen molar-refractivity contribution in [1.29, 1.82) is 0 Å². The Morgan fingerprint density at radius 1 is 1.24 bits per heavy atom. The lowest BCUT2D eigenvalue weighted by Crippen LogP contribution is -2.21. The van der Waals surface area contributed by atoms with Gasteiger partial charge in [-0.2, -0.15) is 0 Å². The number of rotatable bonds is 2. The average Bonchev–Trinajstić information content (AvgIpc) is 2.58. The van der Waals surface area contributed by atoms with Crippen LogP contribution < -0.4 is 5.73 Å². The molecule has 2 rings (SSSR count). The third-order valence-electron chi connectivity index (χ3n) is 3.86. The lowest BCUT2D eigenvalue weighted by molar-refractivity contribution is 0.330. The Morgan fingerprint density at radius 2 is 1.82 bits per heavy atom. The smallest absolute Gasteiger partial charge is 0.0960 e. The Balaban J connectivity index is 2.04. The summed E-state index contributed by atoms with van der Waals surface area (Å²) >= 11 is 7.80. The van der Waals surface area contributed by atoms with E-state index in [0.29, 0.717) is 5.92 Å². The van der Waals surface area contributed by atoms with Crippen LogP contribution in [-0.4, -0.2) is 0 Å². The Kier molecular flexibility index (Phi) is 4.89. The van der Waals surface area contributed by atoms with Gasteiger partial charge in [0.05, 0.1) is 4.34 Å². The van der Waals surface area contributed by atoms with E-state index in [0.717, 1.165) is 4.34 Å². The quantitative estimate of drug-likeness (QED) is 0.798. The van der Waals surface area contributed by atoms with E-state index >= 15 is 0 Å². The predicted octanol–water partition coefficient (Wildman–Crippen LogP) is 5.07. The fraction of sp³-hybridized carbons (Fsp3) is 0.714. The molecule has 1 fully saturated rings. The van der Waals surface area contributed by atoms with Gasteiger partial charge in [-0.15, -0.1) is 11.3 Å². The highest BCUT2D eigenvalue weighted by Crippen LogP contribution is 2.37. The topological polar surface area (TPSA) is 26.0 Å². The predicted molar refractivity (Wildman–Crippen MR) is 76.8 cm³/mol. The lowest BCUT2D eigenvalue weighted by Gasteiger charge is -2.25. The van der Waals surface area contributed by atoms with Crippen molar-refractivity contribution in [3.63, 3.8) is 0 Å². The molecule has 3 heteroatoms. The van der Waals surface area contributed by atoms with Gasteiger partial charge in [0.25, 0.3) is 0 Å². The van der Waals surface area contributed by atoms with Gasteiger partial charge in [-0.05, 0) is 37.3 Å². The molecule has 1 saturated carbocycles. The summed E-state index contributed by atoms with van der Waals surface area (Å²) in [6.45, 7) is 2.06. The van der Waals surface area contributed by atoms with Crippen LogP contribution in [0.3, 0.4) is 0 Å². The van der Waals surface area contributed by atoms with Crippen LogP contribution in [0.2, 0.25) is 4.34 Å². The molecule has 0 bridgehead atoms. The van der Waals surface area contributed by atoms with E-state index in [2.05, 4.69) is 13.0 Å². The van der Waals surface area contributed by atoms with E-state index in [9.17, 15) is 0 Å². The van der Waals surface area contributed by atoms with E-state index in [-0.39, 0.29) is 6.04 Å². The van der Waals surface area contributed by atoms with Crippen LogP contribution in [0, 0.1) is 12.8 Å². The zero-order valence-electron chi connectivity index (χ0n) is 10.5. The maximum atomic E-state index is 6.42. The van der Waals surface area contributed by atoms with Crippen LogP contribution in [0.25, 0.3) is 0 Å². The van der Waals surface area contributed by atoms with Crippen molar-refractivity contribution in [3.05, 3.63) is 20.8 Å². The summed E-state index contributed by atoms with van der Waals surface area (Å²) in [5.41, 5.74) is 7.60. The molecule has 0 saturated heterocycles. The number of aryl methyl sites for hydroxylation is 1. The molecule has 2 N–H and O–H groups in total. The van der Waals surface area contributed by atoms with Crippen molar-refractivity contribution in [2.75, 3.05) is 0 Å². The van der Waals surface area contributed by atoms with Crippen molar-refractivity contribution >= 4 is 22.9 Å². The Hall–Kier alpha value is -0.0500. The van der Waals surface area contributed by atoms with Crippen molar-refractivity contribution < 1.29 is 0 Å². The number of thiophene rings is 1. The van der Waals surface area contributed by atoms with Crippen LogP contribution in [0.1, 0.15) is 61.4 Å². The molecular formula is C14H22ClNS. The highest BCUT2D eigenvalue weighted by Gasteiger charge is 2.22. The molecule has 0 radical (unpaired) electrons. The van der Waals surface area contributed by atoms with E-state index < -0.39 is 0 Å². The van der Waals surface area contributed by atoms with Gasteiger partial charge in [0.1, 0.15) is 0 Å². The molecule has 1 unspecified atom stereocenters. The molecule has 1 nitrogen and oxygen atoms in total. The van der Waals surface area contributed by atoms with Gasteiger partial charge in [-0.25, -0.2) is 0 Å². The molecular weight excluding hydrogens is 250 g/mol. The first-order valence-corrected chi connectivity index (χ1v) is 7.89. The van der Waals surface area contributed by atoms with Crippen molar-refractivity contribution in [2.45, 2.75) is 57.9 Å². The summed E-state index contributed by atoms with van der Waals surface area (Å²) in [6, 6.07) is 2.38. The molecule has 96 valence electrons. The first-order chi connectivity index (χ1) is 8.18. The number of nitrogens with two attached hydrogens (primary N) is 1. The summed E-state index contributed by atoms with van der Waals surface area (Å²) < 4.78 is 0.904. The molecule has 1 heterocycles. The molecule has 1 aliphatic carbocycles. The molecule has 1 atom stereocenters. The molecule has 0 spiro atoms. The number of hydrogen-bond donors (Lipinski definition) is 1. The summed E-state index contributed by atoms with van der Waals surface area (Å²) in [7, 11) is 0. The van der Waals surface area contributed by atoms with E-state index in [4.69, 9.17) is 17.3 Å². The Labute approximate surface area is 113 Å². The largest absolute Gasteiger partial charge is 0.323 e. The average molecular weight is 272 g/mol. The van der Waals surface area contributed by atoms with E-state index in [1.807, 2.05) is 0 Å². The molecule has 1 aromatic rings. The normalized spacial score (nSPS) is 20.9. The van der Waals surface area contributed by atoms with E-state index in [1.54, 1.807) is 11.3 Å². The van der Waals surface area contributed by atoms with Gasteiger partial charge in [-0.3, -0.25) is 0 Å². The molecule has 0 aliphatic heterocycles. The van der Waals surface area contributed by atoms with Crippen molar-refractivity contribution in [2.24, 2.45) is 11.7 Å². The summed E-state index contributed by atoms with van der Waals surface area (Å²) in [4.78, 5) is 1.28. The zero-order valence-corrected chi connectivity index (χ0v) is 12.1. The van der Waals surface area contributed by atoms with Gasteiger partial charge in [0, 0.05) is 10.9 Å². The fourth-order valence-electron chi connectivity index (χ4n) is 2.73. The van der Waals surface area contributed by atoms with Gasteiger partial charge in [-0.1, -0.05) is 43.7 Å².